The minimum atomic E-state index is -0.913. The number of nitrogens with two attached hydrogens (primary N) is 1. The van der Waals surface area contributed by atoms with Crippen molar-refractivity contribution in [2.75, 3.05) is 10.6 Å². The van der Waals surface area contributed by atoms with Gasteiger partial charge in [-0.05, 0) is 36.4 Å². The Balaban J connectivity index is 2.07. The topological polar surface area (TPSA) is 101 Å². The maximum atomic E-state index is 11.9. The molecule has 2 aromatic rings. The van der Waals surface area contributed by atoms with Crippen molar-refractivity contribution in [2.24, 2.45) is 5.73 Å². The van der Waals surface area contributed by atoms with Crippen molar-refractivity contribution in [1.29, 1.82) is 0 Å². The van der Waals surface area contributed by atoms with Crippen LogP contribution in [0.3, 0.4) is 0 Å². The van der Waals surface area contributed by atoms with E-state index in [2.05, 4.69) is 10.6 Å². The zero-order valence-corrected chi connectivity index (χ0v) is 12.1. The number of amides is 3. The van der Waals surface area contributed by atoms with Crippen LogP contribution in [-0.4, -0.2) is 17.7 Å². The third-order valence-corrected chi connectivity index (χ3v) is 3.00. The maximum Gasteiger partial charge on any atom is 0.314 e. The van der Waals surface area contributed by atoms with E-state index < -0.39 is 17.7 Å². The van der Waals surface area contributed by atoms with Gasteiger partial charge in [0, 0.05) is 10.7 Å². The van der Waals surface area contributed by atoms with Crippen LogP contribution in [0.5, 0.6) is 0 Å². The van der Waals surface area contributed by atoms with Crippen LogP contribution in [0.2, 0.25) is 5.02 Å². The standard InChI is InChI=1S/C15H12ClN3O3/c16-9-5-7-10(8-6-9)18-14(21)15(22)19-12-4-2-1-3-11(12)13(17)20/h1-8H,(H2,17,20)(H,18,21)(H,19,22). The SMILES string of the molecule is NC(=O)c1ccccc1NC(=O)C(=O)Nc1ccc(Cl)cc1. The summed E-state index contributed by atoms with van der Waals surface area (Å²) < 4.78 is 0. The number of hydrogen-bond acceptors (Lipinski definition) is 3. The molecular weight excluding hydrogens is 306 g/mol. The first-order valence-corrected chi connectivity index (χ1v) is 6.62. The first kappa shape index (κ1) is 15.5. The van der Waals surface area contributed by atoms with Crippen molar-refractivity contribution < 1.29 is 14.4 Å². The van der Waals surface area contributed by atoms with Crippen LogP contribution in [0.15, 0.2) is 48.5 Å². The summed E-state index contributed by atoms with van der Waals surface area (Å²) in [7, 11) is 0. The van der Waals surface area contributed by atoms with Crippen LogP contribution in [0, 0.1) is 0 Å². The van der Waals surface area contributed by atoms with Gasteiger partial charge in [-0.15, -0.1) is 0 Å². The van der Waals surface area contributed by atoms with Gasteiger partial charge >= 0.3 is 11.8 Å². The molecule has 0 radical (unpaired) electrons. The van der Waals surface area contributed by atoms with Crippen LogP contribution >= 0.6 is 11.6 Å². The molecule has 0 aromatic heterocycles. The molecule has 0 saturated heterocycles. The Hall–Kier alpha value is -2.86. The van der Waals surface area contributed by atoms with Crippen molar-refractivity contribution >= 4 is 40.7 Å². The lowest BCUT2D eigenvalue weighted by Gasteiger charge is -2.09. The summed E-state index contributed by atoms with van der Waals surface area (Å²) in [6.45, 7) is 0. The van der Waals surface area contributed by atoms with Crippen molar-refractivity contribution in [3.63, 3.8) is 0 Å². The van der Waals surface area contributed by atoms with Gasteiger partial charge in [-0.2, -0.15) is 0 Å². The molecule has 0 saturated carbocycles. The highest BCUT2D eigenvalue weighted by atomic mass is 35.5. The molecule has 0 aliphatic heterocycles. The monoisotopic (exact) mass is 317 g/mol. The van der Waals surface area contributed by atoms with Crippen molar-refractivity contribution in [2.45, 2.75) is 0 Å². The van der Waals surface area contributed by atoms with E-state index in [4.69, 9.17) is 17.3 Å². The molecule has 0 heterocycles. The van der Waals surface area contributed by atoms with Gasteiger partial charge in [-0.1, -0.05) is 23.7 Å². The molecule has 2 aromatic carbocycles. The zero-order valence-electron chi connectivity index (χ0n) is 11.3. The number of halogens is 1. The zero-order chi connectivity index (χ0) is 16.1. The summed E-state index contributed by atoms with van der Waals surface area (Å²) >= 11 is 5.73. The predicted molar refractivity (Wildman–Crippen MR) is 83.7 cm³/mol. The number of primary amides is 1. The lowest BCUT2D eigenvalue weighted by Crippen LogP contribution is -2.30. The second-order valence-electron chi connectivity index (χ2n) is 4.32. The molecule has 112 valence electrons. The van der Waals surface area contributed by atoms with Gasteiger partial charge in [-0.3, -0.25) is 14.4 Å². The second kappa shape index (κ2) is 6.73. The highest BCUT2D eigenvalue weighted by Gasteiger charge is 2.16. The van der Waals surface area contributed by atoms with Crippen molar-refractivity contribution in [3.8, 4) is 0 Å². The number of benzene rings is 2. The largest absolute Gasteiger partial charge is 0.366 e. The summed E-state index contributed by atoms with van der Waals surface area (Å²) in [6.07, 6.45) is 0. The van der Waals surface area contributed by atoms with Crippen LogP contribution < -0.4 is 16.4 Å². The average molecular weight is 318 g/mol. The molecule has 6 nitrogen and oxygen atoms in total. The normalized spacial score (nSPS) is 9.86. The van der Waals surface area contributed by atoms with E-state index in [0.29, 0.717) is 10.7 Å². The highest BCUT2D eigenvalue weighted by Crippen LogP contribution is 2.15. The molecule has 4 N–H and O–H groups in total. The molecule has 0 aliphatic rings. The van der Waals surface area contributed by atoms with Gasteiger partial charge in [0.25, 0.3) is 5.91 Å². The third kappa shape index (κ3) is 3.83. The predicted octanol–water partition coefficient (Wildman–Crippen LogP) is 2.02. The smallest absolute Gasteiger partial charge is 0.314 e. The average Bonchev–Trinajstić information content (AvgIpc) is 2.49. The molecule has 0 bridgehead atoms. The molecule has 2 rings (SSSR count). The summed E-state index contributed by atoms with van der Waals surface area (Å²) in [4.78, 5) is 34.9. The Bertz CT molecular complexity index is 729. The molecule has 3 amide bonds. The fourth-order valence-electron chi connectivity index (χ4n) is 1.71. The van der Waals surface area contributed by atoms with E-state index in [0.717, 1.165) is 0 Å². The van der Waals surface area contributed by atoms with Crippen molar-refractivity contribution in [3.05, 3.63) is 59.1 Å². The lowest BCUT2D eigenvalue weighted by atomic mass is 10.1. The summed E-state index contributed by atoms with van der Waals surface area (Å²) in [5.74, 6) is -2.49. The van der Waals surface area contributed by atoms with Gasteiger partial charge in [-0.25, -0.2) is 0 Å². The van der Waals surface area contributed by atoms with Gasteiger partial charge in [0.2, 0.25) is 0 Å². The number of nitrogens with one attached hydrogen (secondary N) is 2. The summed E-state index contributed by atoms with van der Waals surface area (Å²) in [5.41, 5.74) is 5.92. The Morgan fingerprint density at radius 3 is 2.09 bits per heavy atom. The first-order chi connectivity index (χ1) is 10.5. The number of carbonyl (C=O) groups excluding carboxylic acids is 3. The quantitative estimate of drug-likeness (QED) is 0.755. The molecule has 0 fully saturated rings. The first-order valence-electron chi connectivity index (χ1n) is 6.24. The summed E-state index contributed by atoms with van der Waals surface area (Å²) in [6, 6.07) is 12.4. The molecule has 0 atom stereocenters. The minimum absolute atomic E-state index is 0.121. The molecule has 22 heavy (non-hydrogen) atoms. The number of anilines is 2. The molecule has 0 aliphatic carbocycles. The Labute approximate surface area is 131 Å². The lowest BCUT2D eigenvalue weighted by molar-refractivity contribution is -0.133. The fourth-order valence-corrected chi connectivity index (χ4v) is 1.83. The molecule has 0 spiro atoms. The molecule has 0 unspecified atom stereocenters. The number of carbonyl (C=O) groups is 3. The highest BCUT2D eigenvalue weighted by molar-refractivity contribution is 6.44. The van der Waals surface area contributed by atoms with Crippen LogP contribution in [0.4, 0.5) is 11.4 Å². The number of hydrogen-bond donors (Lipinski definition) is 3. The third-order valence-electron chi connectivity index (χ3n) is 2.75. The van der Waals surface area contributed by atoms with Crippen molar-refractivity contribution in [1.82, 2.24) is 0 Å². The molecular formula is C15H12ClN3O3. The van der Waals surface area contributed by atoms with Crippen LogP contribution in [0.25, 0.3) is 0 Å². The van der Waals surface area contributed by atoms with E-state index in [1.165, 1.54) is 12.1 Å². The van der Waals surface area contributed by atoms with Gasteiger partial charge in [0.15, 0.2) is 0 Å². The van der Waals surface area contributed by atoms with E-state index in [1.54, 1.807) is 36.4 Å². The van der Waals surface area contributed by atoms with E-state index in [9.17, 15) is 14.4 Å². The van der Waals surface area contributed by atoms with Gasteiger partial charge < -0.3 is 16.4 Å². The Kier molecular flexibility index (Phi) is 4.75. The van der Waals surface area contributed by atoms with E-state index >= 15 is 0 Å². The summed E-state index contributed by atoms with van der Waals surface area (Å²) in [5, 5.41) is 5.27. The Morgan fingerprint density at radius 1 is 0.864 bits per heavy atom. The van der Waals surface area contributed by atoms with E-state index in [1.807, 2.05) is 0 Å². The van der Waals surface area contributed by atoms with Gasteiger partial charge in [0.1, 0.15) is 0 Å². The maximum absolute atomic E-state index is 11.9. The molecule has 7 heteroatoms. The second-order valence-corrected chi connectivity index (χ2v) is 4.76. The number of para-hydroxylation sites is 1. The van der Waals surface area contributed by atoms with Crippen LogP contribution in [-0.2, 0) is 9.59 Å². The number of rotatable bonds is 3. The van der Waals surface area contributed by atoms with Gasteiger partial charge in [0.05, 0.1) is 11.3 Å². The fraction of sp³-hybridized carbons (Fsp3) is 0. The van der Waals surface area contributed by atoms with E-state index in [-0.39, 0.29) is 11.3 Å². The minimum Gasteiger partial charge on any atom is -0.366 e. The van der Waals surface area contributed by atoms with Crippen LogP contribution in [0.1, 0.15) is 10.4 Å². The Morgan fingerprint density at radius 2 is 1.45 bits per heavy atom.